The van der Waals surface area contributed by atoms with Gasteiger partial charge >= 0.3 is 13.7 Å². The molecule has 2 fully saturated rings. The second-order valence-corrected chi connectivity index (χ2v) is 13.2. The van der Waals surface area contributed by atoms with Crippen LogP contribution in [-0.4, -0.2) is 78.9 Å². The average molecular weight is 660 g/mol. The van der Waals surface area contributed by atoms with Crippen molar-refractivity contribution in [1.29, 1.82) is 0 Å². The standard InChI is InChI=1S/C26H33ClF2N7O7P/c1-13(2)41-22(38)14(3)35-44(39,43-16-7-5-4-6-8-16)40-11-17-19(37)26(27,23(28)29)24(42-17)36-12-31-18-20(32-15-9-10-15)33-25(30)34-21(18)36/h4-8,12-15,17,19,23-24,37H,9-11H2,1-3H3,(H,35,39)(H3,30,32,33,34)/t14-,17+,19+,24+,26-,44-/m0/s1. The third kappa shape index (κ3) is 6.75. The summed E-state index contributed by atoms with van der Waals surface area (Å²) < 4.78 is 66.3. The van der Waals surface area contributed by atoms with E-state index in [4.69, 9.17) is 35.9 Å². The molecular weight excluding hydrogens is 627 g/mol. The number of nitrogens with two attached hydrogens (primary N) is 1. The van der Waals surface area contributed by atoms with Crippen molar-refractivity contribution in [2.75, 3.05) is 17.7 Å². The van der Waals surface area contributed by atoms with Gasteiger partial charge in [0.1, 0.15) is 24.0 Å². The number of aliphatic hydroxyl groups excluding tert-OH is 1. The molecule has 6 atom stereocenters. The average Bonchev–Trinajstić information content (AvgIpc) is 3.61. The molecule has 44 heavy (non-hydrogen) atoms. The molecule has 5 N–H and O–H groups in total. The Labute approximate surface area is 256 Å². The number of para-hydroxylation sites is 1. The summed E-state index contributed by atoms with van der Waals surface area (Å²) in [4.78, 5) is 22.3. The van der Waals surface area contributed by atoms with Crippen molar-refractivity contribution in [2.24, 2.45) is 0 Å². The first-order chi connectivity index (χ1) is 20.8. The van der Waals surface area contributed by atoms with Crippen LogP contribution in [0.3, 0.4) is 0 Å². The number of benzene rings is 1. The van der Waals surface area contributed by atoms with Crippen LogP contribution < -0.4 is 20.7 Å². The van der Waals surface area contributed by atoms with E-state index in [1.165, 1.54) is 25.4 Å². The van der Waals surface area contributed by atoms with Crippen LogP contribution in [0.2, 0.25) is 0 Å². The molecule has 3 aromatic rings. The molecule has 2 aromatic heterocycles. The van der Waals surface area contributed by atoms with Gasteiger partial charge in [0, 0.05) is 6.04 Å². The van der Waals surface area contributed by atoms with Crippen molar-refractivity contribution in [2.45, 2.75) is 81.5 Å². The molecule has 18 heteroatoms. The third-order valence-electron chi connectivity index (χ3n) is 6.87. The molecule has 0 bridgehead atoms. The lowest BCUT2D eigenvalue weighted by Gasteiger charge is -2.29. The first-order valence-corrected chi connectivity index (χ1v) is 15.8. The zero-order chi connectivity index (χ0) is 31.8. The van der Waals surface area contributed by atoms with E-state index in [0.717, 1.165) is 17.4 Å². The highest BCUT2D eigenvalue weighted by atomic mass is 35.5. The number of hydrogen-bond donors (Lipinski definition) is 4. The maximum atomic E-state index is 14.6. The van der Waals surface area contributed by atoms with E-state index in [1.807, 2.05) is 0 Å². The Hall–Kier alpha value is -3.14. The number of anilines is 2. The molecule has 2 aliphatic rings. The lowest BCUT2D eigenvalue weighted by atomic mass is 9.99. The molecule has 240 valence electrons. The number of nitrogens with zero attached hydrogens (tertiary/aromatic N) is 4. The van der Waals surface area contributed by atoms with E-state index >= 15 is 0 Å². The number of carbonyl (C=O) groups is 1. The van der Waals surface area contributed by atoms with Gasteiger partial charge in [-0.05, 0) is 45.7 Å². The Morgan fingerprint density at radius 3 is 2.61 bits per heavy atom. The number of esters is 1. The van der Waals surface area contributed by atoms with Crippen LogP contribution in [0.4, 0.5) is 20.5 Å². The number of halogens is 3. The number of imidazole rings is 1. The van der Waals surface area contributed by atoms with Gasteiger partial charge in [0.25, 0.3) is 6.43 Å². The van der Waals surface area contributed by atoms with Crippen molar-refractivity contribution < 1.29 is 41.8 Å². The first-order valence-electron chi connectivity index (χ1n) is 13.9. The van der Waals surface area contributed by atoms with Crippen LogP contribution in [0, 0.1) is 0 Å². The normalized spacial score (nSPS) is 25.7. The Morgan fingerprint density at radius 1 is 1.27 bits per heavy atom. The number of hydrogen-bond acceptors (Lipinski definition) is 12. The summed E-state index contributed by atoms with van der Waals surface area (Å²) in [6, 6.07) is 6.94. The van der Waals surface area contributed by atoms with Crippen molar-refractivity contribution in [3.63, 3.8) is 0 Å². The van der Waals surface area contributed by atoms with E-state index in [0.29, 0.717) is 5.82 Å². The minimum Gasteiger partial charge on any atom is -0.462 e. The van der Waals surface area contributed by atoms with Gasteiger partial charge in [-0.2, -0.15) is 15.1 Å². The van der Waals surface area contributed by atoms with Crippen molar-refractivity contribution >= 4 is 48.2 Å². The van der Waals surface area contributed by atoms with E-state index in [9.17, 15) is 23.2 Å². The number of aromatic nitrogens is 4. The van der Waals surface area contributed by atoms with Crippen LogP contribution in [0.25, 0.3) is 11.2 Å². The van der Waals surface area contributed by atoms with Gasteiger partial charge in [0.05, 0.1) is 19.0 Å². The van der Waals surface area contributed by atoms with Gasteiger partial charge in [0.2, 0.25) is 5.95 Å². The monoisotopic (exact) mass is 659 g/mol. The predicted octanol–water partition coefficient (Wildman–Crippen LogP) is 3.62. The summed E-state index contributed by atoms with van der Waals surface area (Å²) in [6.45, 7) is 3.94. The Kier molecular flexibility index (Phi) is 9.31. The number of aliphatic hydroxyl groups is 1. The van der Waals surface area contributed by atoms with Crippen LogP contribution in [-0.2, 0) is 23.4 Å². The molecule has 1 aliphatic heterocycles. The minimum absolute atomic E-state index is 0.0438. The number of carbonyl (C=O) groups excluding carboxylic acids is 1. The summed E-state index contributed by atoms with van der Waals surface area (Å²) in [6.07, 6.45) is -6.03. The van der Waals surface area contributed by atoms with Gasteiger partial charge in [0.15, 0.2) is 28.1 Å². The molecule has 1 aliphatic carbocycles. The van der Waals surface area contributed by atoms with Crippen LogP contribution in [0.5, 0.6) is 5.75 Å². The molecule has 0 spiro atoms. The van der Waals surface area contributed by atoms with Crippen molar-refractivity contribution in [3.05, 3.63) is 36.7 Å². The highest BCUT2D eigenvalue weighted by Gasteiger charge is 2.62. The Morgan fingerprint density at radius 2 is 1.98 bits per heavy atom. The van der Waals surface area contributed by atoms with E-state index in [1.54, 1.807) is 32.0 Å². The molecule has 1 saturated carbocycles. The molecular formula is C26H33ClF2N7O7P. The van der Waals surface area contributed by atoms with Crippen molar-refractivity contribution in [1.82, 2.24) is 24.6 Å². The van der Waals surface area contributed by atoms with E-state index < -0.39 is 62.2 Å². The van der Waals surface area contributed by atoms with Gasteiger partial charge < -0.3 is 30.2 Å². The third-order valence-corrected chi connectivity index (χ3v) is 9.09. The molecule has 3 heterocycles. The highest BCUT2D eigenvalue weighted by molar-refractivity contribution is 7.52. The van der Waals surface area contributed by atoms with Gasteiger partial charge in [-0.3, -0.25) is 13.9 Å². The van der Waals surface area contributed by atoms with Crippen molar-refractivity contribution in [3.8, 4) is 5.75 Å². The second kappa shape index (κ2) is 12.7. The number of ether oxygens (including phenoxy) is 2. The zero-order valence-corrected chi connectivity index (χ0v) is 25.6. The topological polar surface area (TPSA) is 185 Å². The molecule has 5 rings (SSSR count). The summed E-state index contributed by atoms with van der Waals surface area (Å²) in [5.74, 6) is -0.442. The Balaban J connectivity index is 1.41. The smallest absolute Gasteiger partial charge is 0.459 e. The lowest BCUT2D eigenvalue weighted by Crippen LogP contribution is -2.48. The Bertz CT molecular complexity index is 1530. The zero-order valence-electron chi connectivity index (χ0n) is 24.0. The number of fused-ring (bicyclic) bond motifs is 1. The van der Waals surface area contributed by atoms with Gasteiger partial charge in [-0.15, -0.1) is 11.6 Å². The lowest BCUT2D eigenvalue weighted by molar-refractivity contribution is -0.149. The molecule has 0 amide bonds. The maximum absolute atomic E-state index is 14.6. The second-order valence-electron chi connectivity index (χ2n) is 10.8. The number of nitrogens with one attached hydrogen (secondary N) is 2. The fraction of sp³-hybridized carbons (Fsp3) is 0.538. The summed E-state index contributed by atoms with van der Waals surface area (Å²) >= 11 is 6.44. The van der Waals surface area contributed by atoms with Crippen LogP contribution in [0.1, 0.15) is 39.8 Å². The minimum atomic E-state index is -4.42. The summed E-state index contributed by atoms with van der Waals surface area (Å²) in [5, 5.41) is 16.7. The van der Waals surface area contributed by atoms with E-state index in [2.05, 4.69) is 25.4 Å². The maximum Gasteiger partial charge on any atom is 0.459 e. The van der Waals surface area contributed by atoms with Crippen LogP contribution >= 0.6 is 19.3 Å². The highest BCUT2D eigenvalue weighted by Crippen LogP contribution is 2.51. The number of rotatable bonds is 13. The number of nitrogen functional groups attached to an aromatic ring is 1. The quantitative estimate of drug-likeness (QED) is 0.119. The molecule has 0 radical (unpaired) electrons. The van der Waals surface area contributed by atoms with E-state index in [-0.39, 0.29) is 28.9 Å². The fourth-order valence-corrected chi connectivity index (χ4v) is 6.35. The summed E-state index contributed by atoms with van der Waals surface area (Å²) in [7, 11) is -4.42. The molecule has 14 nitrogen and oxygen atoms in total. The molecule has 0 unspecified atom stereocenters. The first kappa shape index (κ1) is 32.3. The predicted molar refractivity (Wildman–Crippen MR) is 155 cm³/mol. The molecule has 1 aromatic carbocycles. The van der Waals surface area contributed by atoms with Crippen LogP contribution in [0.15, 0.2) is 36.7 Å². The fourth-order valence-electron chi connectivity index (χ4n) is 4.55. The summed E-state index contributed by atoms with van der Waals surface area (Å²) in [5.41, 5.74) is 6.18. The molecule has 1 saturated heterocycles. The SMILES string of the molecule is CC(C)OC(=O)[C@H](C)N[P@](=O)(OC[C@H]1O[C@@H](n2cnc3c(NC4CC4)nc(N)nc32)[C@@](Cl)(C(F)F)[C@@H]1O)Oc1ccccc1. The number of alkyl halides is 3. The van der Waals surface area contributed by atoms with Gasteiger partial charge in [-0.25, -0.2) is 18.3 Å². The largest absolute Gasteiger partial charge is 0.462 e. The van der Waals surface area contributed by atoms with Gasteiger partial charge in [-0.1, -0.05) is 18.2 Å².